The van der Waals surface area contributed by atoms with Gasteiger partial charge in [-0.3, -0.25) is 0 Å². The molecule has 1 heterocycles. The number of nitrogens with two attached hydrogens (primary N) is 1. The summed E-state index contributed by atoms with van der Waals surface area (Å²) in [5.41, 5.74) is 4.52. The zero-order valence-corrected chi connectivity index (χ0v) is 10.6. The Kier molecular flexibility index (Phi) is 3.71. The first-order valence-electron chi connectivity index (χ1n) is 3.42. The molecule has 0 saturated carbocycles. The van der Waals surface area contributed by atoms with Crippen molar-refractivity contribution in [2.75, 3.05) is 5.73 Å². The highest BCUT2D eigenvalue weighted by Crippen LogP contribution is 2.30. The summed E-state index contributed by atoms with van der Waals surface area (Å²) < 4.78 is 46.9. The summed E-state index contributed by atoms with van der Waals surface area (Å²) in [5, 5.41) is -0.849. The third-order valence-electron chi connectivity index (χ3n) is 1.46. The van der Waals surface area contributed by atoms with Gasteiger partial charge in [0.2, 0.25) is 0 Å². The normalized spacial score (nSPS) is 12.1. The Labute approximate surface area is 102 Å². The molecule has 4 nitrogen and oxygen atoms in total. The minimum atomic E-state index is -4.30. The van der Waals surface area contributed by atoms with Gasteiger partial charge < -0.3 is 5.73 Å². The lowest BCUT2D eigenvalue weighted by Gasteiger charge is -2.07. The maximum Gasteiger partial charge on any atom is 0.279 e. The van der Waals surface area contributed by atoms with Gasteiger partial charge in [-0.05, 0) is 28.7 Å². The first kappa shape index (κ1) is 12.8. The Bertz CT molecular complexity index is 494. The predicted molar refractivity (Wildman–Crippen MR) is 59.4 cm³/mol. The number of hydrogen-bond acceptors (Lipinski definition) is 4. The van der Waals surface area contributed by atoms with E-state index in [9.17, 15) is 17.2 Å². The molecule has 0 atom stereocenters. The van der Waals surface area contributed by atoms with E-state index in [-0.39, 0.29) is 9.39 Å². The van der Waals surface area contributed by atoms with Gasteiger partial charge in [-0.2, -0.15) is 0 Å². The Hall–Kier alpha value is -0.220. The van der Waals surface area contributed by atoms with Gasteiger partial charge in [-0.1, -0.05) is 0 Å². The summed E-state index contributed by atoms with van der Waals surface area (Å²) in [7, 11) is 0.667. The fraction of sp³-hybridized carbons (Fsp3) is 0.167. The van der Waals surface area contributed by atoms with E-state index in [1.807, 2.05) is 0 Å². The third-order valence-corrected chi connectivity index (χ3v) is 3.55. The van der Waals surface area contributed by atoms with Crippen molar-refractivity contribution < 1.29 is 17.2 Å². The summed E-state index contributed by atoms with van der Waals surface area (Å²) in [4.78, 5) is 3.43. The van der Waals surface area contributed by atoms with Crippen molar-refractivity contribution in [1.82, 2.24) is 4.98 Å². The van der Waals surface area contributed by atoms with Crippen LogP contribution in [0.2, 0.25) is 0 Å². The number of rotatable bonds is 2. The van der Waals surface area contributed by atoms with Gasteiger partial charge in [0.05, 0.1) is 11.3 Å². The number of hydrogen-bond donors (Lipinski definition) is 1. The lowest BCUT2D eigenvalue weighted by molar-refractivity contribution is 0.147. The first-order valence-corrected chi connectivity index (χ1v) is 6.81. The van der Waals surface area contributed by atoms with Crippen LogP contribution in [0.4, 0.5) is 14.5 Å². The molecule has 0 spiro atoms. The topological polar surface area (TPSA) is 73.1 Å². The molecule has 0 aromatic carbocycles. The molecule has 0 bridgehead atoms. The highest BCUT2D eigenvalue weighted by Gasteiger charge is 2.25. The van der Waals surface area contributed by atoms with Crippen LogP contribution in [0.3, 0.4) is 0 Å². The van der Waals surface area contributed by atoms with Crippen molar-refractivity contribution in [3.8, 4) is 0 Å². The van der Waals surface area contributed by atoms with Crippen molar-refractivity contribution in [3.63, 3.8) is 0 Å². The number of alkyl halides is 2. The smallest absolute Gasteiger partial charge is 0.279 e. The summed E-state index contributed by atoms with van der Waals surface area (Å²) in [5.74, 6) is 0. The highest BCUT2D eigenvalue weighted by atomic mass is 127. The van der Waals surface area contributed by atoms with Crippen LogP contribution in [0.15, 0.2) is 11.1 Å². The SMILES string of the molecule is Nc1cc(C(F)F)c(S(=O)(=O)Cl)nc1I. The summed E-state index contributed by atoms with van der Waals surface area (Å²) >= 11 is 1.63. The van der Waals surface area contributed by atoms with E-state index in [0.717, 1.165) is 6.07 Å². The van der Waals surface area contributed by atoms with Gasteiger partial charge in [-0.25, -0.2) is 22.2 Å². The number of pyridine rings is 1. The second kappa shape index (κ2) is 4.34. The van der Waals surface area contributed by atoms with Crippen molar-refractivity contribution >= 4 is 48.0 Å². The molecular weight excluding hydrogens is 364 g/mol. The number of aromatic nitrogens is 1. The molecule has 0 radical (unpaired) electrons. The quantitative estimate of drug-likeness (QED) is 0.493. The van der Waals surface area contributed by atoms with Crippen LogP contribution >= 0.6 is 33.3 Å². The highest BCUT2D eigenvalue weighted by molar-refractivity contribution is 14.1. The van der Waals surface area contributed by atoms with Gasteiger partial charge >= 0.3 is 0 Å². The molecule has 1 rings (SSSR count). The van der Waals surface area contributed by atoms with Crippen LogP contribution < -0.4 is 5.73 Å². The van der Waals surface area contributed by atoms with Gasteiger partial charge in [-0.15, -0.1) is 0 Å². The van der Waals surface area contributed by atoms with Crippen LogP contribution in [0.25, 0.3) is 0 Å². The third kappa shape index (κ3) is 2.88. The molecule has 0 aliphatic heterocycles. The van der Waals surface area contributed by atoms with E-state index in [2.05, 4.69) is 4.98 Å². The Morgan fingerprint density at radius 1 is 1.53 bits per heavy atom. The summed E-state index contributed by atoms with van der Waals surface area (Å²) in [6.45, 7) is 0. The van der Waals surface area contributed by atoms with E-state index >= 15 is 0 Å². The molecule has 0 amide bonds. The molecular formula is C6H4ClF2IN2O2S. The number of anilines is 1. The molecule has 0 aliphatic carbocycles. The maximum atomic E-state index is 12.4. The maximum absolute atomic E-state index is 12.4. The van der Waals surface area contributed by atoms with Gasteiger partial charge in [0, 0.05) is 10.7 Å². The molecule has 84 valence electrons. The fourth-order valence-corrected chi connectivity index (χ4v) is 2.42. The predicted octanol–water partition coefficient (Wildman–Crippen LogP) is 2.13. The van der Waals surface area contributed by atoms with E-state index < -0.39 is 26.1 Å². The monoisotopic (exact) mass is 368 g/mol. The summed E-state index contributed by atoms with van der Waals surface area (Å²) in [6.07, 6.45) is -3.00. The van der Waals surface area contributed by atoms with Crippen molar-refractivity contribution in [2.24, 2.45) is 0 Å². The minimum Gasteiger partial charge on any atom is -0.397 e. The van der Waals surface area contributed by atoms with Gasteiger partial charge in [0.25, 0.3) is 15.5 Å². The second-order valence-electron chi connectivity index (χ2n) is 2.50. The van der Waals surface area contributed by atoms with E-state index in [0.29, 0.717) is 0 Å². The van der Waals surface area contributed by atoms with E-state index in [1.165, 1.54) is 0 Å². The largest absolute Gasteiger partial charge is 0.397 e. The Morgan fingerprint density at radius 3 is 2.47 bits per heavy atom. The zero-order chi connectivity index (χ0) is 11.8. The fourth-order valence-electron chi connectivity index (χ4n) is 0.859. The van der Waals surface area contributed by atoms with Crippen molar-refractivity contribution in [1.29, 1.82) is 0 Å². The number of nitrogen functional groups attached to an aromatic ring is 1. The van der Waals surface area contributed by atoms with Crippen LogP contribution in [0.1, 0.15) is 12.0 Å². The average molecular weight is 369 g/mol. The molecule has 0 saturated heterocycles. The summed E-state index contributed by atoms with van der Waals surface area (Å²) in [6, 6.07) is 0.856. The van der Waals surface area contributed by atoms with Crippen LogP contribution in [-0.4, -0.2) is 13.4 Å². The first-order chi connectivity index (χ1) is 6.73. The lowest BCUT2D eigenvalue weighted by Crippen LogP contribution is -2.06. The average Bonchev–Trinajstić information content (AvgIpc) is 2.06. The molecule has 0 aliphatic rings. The van der Waals surface area contributed by atoms with Gasteiger partial charge in [0.1, 0.15) is 3.70 Å². The van der Waals surface area contributed by atoms with Gasteiger partial charge in [0.15, 0.2) is 5.03 Å². The molecule has 1 aromatic rings. The molecule has 15 heavy (non-hydrogen) atoms. The molecule has 9 heteroatoms. The minimum absolute atomic E-state index is 0.0185. The van der Waals surface area contributed by atoms with Crippen molar-refractivity contribution in [2.45, 2.75) is 11.5 Å². The van der Waals surface area contributed by atoms with Crippen LogP contribution in [0.5, 0.6) is 0 Å². The van der Waals surface area contributed by atoms with Crippen LogP contribution in [-0.2, 0) is 9.05 Å². The number of halogens is 4. The van der Waals surface area contributed by atoms with E-state index in [1.54, 1.807) is 22.6 Å². The Balaban J connectivity index is 3.56. The molecule has 2 N–H and O–H groups in total. The lowest BCUT2D eigenvalue weighted by atomic mass is 10.3. The molecule has 0 fully saturated rings. The van der Waals surface area contributed by atoms with Crippen molar-refractivity contribution in [3.05, 3.63) is 15.3 Å². The Morgan fingerprint density at radius 2 is 2.07 bits per heavy atom. The second-order valence-corrected chi connectivity index (χ2v) is 6.00. The zero-order valence-electron chi connectivity index (χ0n) is 6.92. The molecule has 1 aromatic heterocycles. The van der Waals surface area contributed by atoms with E-state index in [4.69, 9.17) is 16.4 Å². The standard InChI is InChI=1S/C6H4ClF2IN2O2S/c7-15(13,14)6-2(4(8)9)1-3(11)5(10)12-6/h1,4H,11H2. The van der Waals surface area contributed by atoms with Crippen LogP contribution in [0, 0.1) is 3.70 Å². The number of nitrogens with zero attached hydrogens (tertiary/aromatic N) is 1. The molecule has 0 unspecified atom stereocenters.